The predicted molar refractivity (Wildman–Crippen MR) is 64.4 cm³/mol. The van der Waals surface area contributed by atoms with E-state index in [-0.39, 0.29) is 17.4 Å². The van der Waals surface area contributed by atoms with E-state index in [2.05, 4.69) is 15.9 Å². The van der Waals surface area contributed by atoms with Gasteiger partial charge in [-0.3, -0.25) is 4.79 Å². The predicted octanol–water partition coefficient (Wildman–Crippen LogP) is 3.48. The van der Waals surface area contributed by atoms with Crippen LogP contribution >= 0.6 is 27.5 Å². The summed E-state index contributed by atoms with van der Waals surface area (Å²) >= 11 is 8.91. The van der Waals surface area contributed by atoms with E-state index in [0.29, 0.717) is 17.5 Å². The summed E-state index contributed by atoms with van der Waals surface area (Å²) < 4.78 is 18.0. The van der Waals surface area contributed by atoms with E-state index in [0.717, 1.165) is 5.56 Å². The van der Waals surface area contributed by atoms with Crippen LogP contribution in [0.4, 0.5) is 4.39 Å². The molecule has 0 spiro atoms. The lowest BCUT2D eigenvalue weighted by Gasteiger charge is -2.08. The maximum Gasteiger partial charge on any atom is 0.310 e. The first kappa shape index (κ1) is 13.5. The molecule has 1 aromatic rings. The fourth-order valence-corrected chi connectivity index (χ4v) is 1.99. The molecule has 0 atom stereocenters. The average molecular weight is 310 g/mol. The molecular weight excluding hydrogens is 298 g/mol. The molecule has 0 fully saturated rings. The molecular formula is C11H11BrClFO2. The van der Waals surface area contributed by atoms with Gasteiger partial charge in [-0.2, -0.15) is 0 Å². The highest BCUT2D eigenvalue weighted by atomic mass is 79.9. The van der Waals surface area contributed by atoms with Gasteiger partial charge < -0.3 is 4.74 Å². The van der Waals surface area contributed by atoms with Gasteiger partial charge in [-0.25, -0.2) is 4.39 Å². The summed E-state index contributed by atoms with van der Waals surface area (Å²) in [5.74, 6) is -0.892. The number of benzene rings is 1. The minimum absolute atomic E-state index is 0.0575. The molecule has 5 heteroatoms. The van der Waals surface area contributed by atoms with Gasteiger partial charge in [0.25, 0.3) is 0 Å². The van der Waals surface area contributed by atoms with Crippen molar-refractivity contribution in [2.24, 2.45) is 0 Å². The zero-order valence-electron chi connectivity index (χ0n) is 8.73. The van der Waals surface area contributed by atoms with Crippen LogP contribution in [0.15, 0.2) is 12.1 Å². The van der Waals surface area contributed by atoms with Crippen LogP contribution in [0, 0.1) is 5.82 Å². The highest BCUT2D eigenvalue weighted by Crippen LogP contribution is 2.22. The Balaban J connectivity index is 2.94. The number of rotatable bonds is 4. The van der Waals surface area contributed by atoms with E-state index in [9.17, 15) is 9.18 Å². The number of halogens is 3. The first-order valence-electron chi connectivity index (χ1n) is 4.76. The van der Waals surface area contributed by atoms with Crippen LogP contribution in [0.25, 0.3) is 0 Å². The Morgan fingerprint density at radius 2 is 2.19 bits per heavy atom. The molecule has 0 aliphatic heterocycles. The Morgan fingerprint density at radius 3 is 2.75 bits per heavy atom. The smallest absolute Gasteiger partial charge is 0.310 e. The molecule has 1 aromatic carbocycles. The molecule has 0 amide bonds. The first-order chi connectivity index (χ1) is 7.58. The molecule has 1 rings (SSSR count). The van der Waals surface area contributed by atoms with Gasteiger partial charge in [0, 0.05) is 5.33 Å². The van der Waals surface area contributed by atoms with Crippen LogP contribution in [0.3, 0.4) is 0 Å². The lowest BCUT2D eigenvalue weighted by atomic mass is 10.1. The lowest BCUT2D eigenvalue weighted by molar-refractivity contribution is -0.142. The Bertz CT molecular complexity index is 396. The quantitative estimate of drug-likeness (QED) is 0.629. The summed E-state index contributed by atoms with van der Waals surface area (Å²) in [5.41, 5.74) is 1.39. The van der Waals surface area contributed by atoms with E-state index in [1.165, 1.54) is 12.1 Å². The van der Waals surface area contributed by atoms with Crippen molar-refractivity contribution < 1.29 is 13.9 Å². The largest absolute Gasteiger partial charge is 0.466 e. The first-order valence-corrected chi connectivity index (χ1v) is 6.26. The zero-order chi connectivity index (χ0) is 12.1. The van der Waals surface area contributed by atoms with Crippen molar-refractivity contribution in [2.75, 3.05) is 6.61 Å². The van der Waals surface area contributed by atoms with E-state index < -0.39 is 5.82 Å². The van der Waals surface area contributed by atoms with Crippen LogP contribution in [-0.2, 0) is 21.3 Å². The SMILES string of the molecule is CCOC(=O)Cc1cc(F)c(Cl)cc1CBr. The lowest BCUT2D eigenvalue weighted by Crippen LogP contribution is -2.09. The summed E-state index contributed by atoms with van der Waals surface area (Å²) in [5, 5.41) is 0.573. The van der Waals surface area contributed by atoms with Crippen LogP contribution in [-0.4, -0.2) is 12.6 Å². The van der Waals surface area contributed by atoms with Gasteiger partial charge in [0.05, 0.1) is 18.1 Å². The fraction of sp³-hybridized carbons (Fsp3) is 0.364. The molecule has 0 saturated carbocycles. The monoisotopic (exact) mass is 308 g/mol. The zero-order valence-corrected chi connectivity index (χ0v) is 11.1. The minimum Gasteiger partial charge on any atom is -0.466 e. The molecule has 0 saturated heterocycles. The summed E-state index contributed by atoms with van der Waals surface area (Å²) in [7, 11) is 0. The van der Waals surface area contributed by atoms with Gasteiger partial charge in [-0.05, 0) is 30.2 Å². The van der Waals surface area contributed by atoms with E-state index >= 15 is 0 Å². The minimum atomic E-state index is -0.523. The van der Waals surface area contributed by atoms with Crippen LogP contribution < -0.4 is 0 Å². The van der Waals surface area contributed by atoms with Crippen molar-refractivity contribution in [3.8, 4) is 0 Å². The van der Waals surface area contributed by atoms with Crippen molar-refractivity contribution in [3.05, 3.63) is 34.1 Å². The molecule has 0 aliphatic rings. The third-order valence-electron chi connectivity index (χ3n) is 2.03. The van der Waals surface area contributed by atoms with Crippen molar-refractivity contribution >= 4 is 33.5 Å². The Morgan fingerprint density at radius 1 is 1.50 bits per heavy atom. The van der Waals surface area contributed by atoms with Gasteiger partial charge in [-0.1, -0.05) is 27.5 Å². The standard InChI is InChI=1S/C11H11BrClFO2/c1-2-16-11(15)5-7-4-10(14)9(13)3-8(7)6-12/h3-4H,2,5-6H2,1H3. The summed E-state index contributed by atoms with van der Waals surface area (Å²) in [6, 6.07) is 2.79. The summed E-state index contributed by atoms with van der Waals surface area (Å²) in [4.78, 5) is 11.3. The molecule has 0 aromatic heterocycles. The maximum absolute atomic E-state index is 13.2. The Kier molecular flexibility index (Phi) is 5.22. The fourth-order valence-electron chi connectivity index (χ4n) is 1.29. The summed E-state index contributed by atoms with van der Waals surface area (Å²) in [6.07, 6.45) is 0.0584. The van der Waals surface area contributed by atoms with E-state index in [4.69, 9.17) is 16.3 Å². The third-order valence-corrected chi connectivity index (χ3v) is 2.92. The molecule has 0 heterocycles. The van der Waals surface area contributed by atoms with Crippen molar-refractivity contribution in [1.82, 2.24) is 0 Å². The number of hydrogen-bond acceptors (Lipinski definition) is 2. The van der Waals surface area contributed by atoms with Crippen LogP contribution in [0.2, 0.25) is 5.02 Å². The molecule has 2 nitrogen and oxygen atoms in total. The highest BCUT2D eigenvalue weighted by Gasteiger charge is 2.12. The average Bonchev–Trinajstić information content (AvgIpc) is 2.23. The number of ether oxygens (including phenoxy) is 1. The second-order valence-corrected chi connectivity index (χ2v) is 4.12. The number of esters is 1. The molecule has 0 N–H and O–H groups in total. The highest BCUT2D eigenvalue weighted by molar-refractivity contribution is 9.08. The van der Waals surface area contributed by atoms with Gasteiger partial charge in [-0.15, -0.1) is 0 Å². The van der Waals surface area contributed by atoms with Crippen LogP contribution in [0.1, 0.15) is 18.1 Å². The van der Waals surface area contributed by atoms with Crippen molar-refractivity contribution in [2.45, 2.75) is 18.7 Å². The Hall–Kier alpha value is -0.610. The normalized spacial score (nSPS) is 10.2. The second-order valence-electron chi connectivity index (χ2n) is 3.15. The van der Waals surface area contributed by atoms with Gasteiger partial charge >= 0.3 is 5.97 Å². The summed E-state index contributed by atoms with van der Waals surface area (Å²) in [6.45, 7) is 2.05. The number of hydrogen-bond donors (Lipinski definition) is 0. The molecule has 16 heavy (non-hydrogen) atoms. The molecule has 0 bridgehead atoms. The molecule has 0 unspecified atom stereocenters. The van der Waals surface area contributed by atoms with Crippen LogP contribution in [0.5, 0.6) is 0 Å². The molecule has 88 valence electrons. The van der Waals surface area contributed by atoms with Gasteiger partial charge in [0.2, 0.25) is 0 Å². The third kappa shape index (κ3) is 3.46. The van der Waals surface area contributed by atoms with E-state index in [1.54, 1.807) is 6.92 Å². The molecule has 0 radical (unpaired) electrons. The van der Waals surface area contributed by atoms with E-state index in [1.807, 2.05) is 0 Å². The molecule has 0 aliphatic carbocycles. The van der Waals surface area contributed by atoms with Crippen molar-refractivity contribution in [3.63, 3.8) is 0 Å². The number of carbonyl (C=O) groups excluding carboxylic acids is 1. The van der Waals surface area contributed by atoms with Crippen molar-refractivity contribution in [1.29, 1.82) is 0 Å². The number of carbonyl (C=O) groups is 1. The van der Waals surface area contributed by atoms with Gasteiger partial charge in [0.15, 0.2) is 0 Å². The Labute approximate surface area is 107 Å². The van der Waals surface area contributed by atoms with Gasteiger partial charge in [0.1, 0.15) is 5.82 Å². The second kappa shape index (κ2) is 6.21. The maximum atomic E-state index is 13.2. The topological polar surface area (TPSA) is 26.3 Å². The number of alkyl halides is 1.